The minimum absolute atomic E-state index is 0.00532. The van der Waals surface area contributed by atoms with Crippen molar-refractivity contribution in [3.8, 4) is 17.4 Å². The molecule has 4 rings (SSSR count). The van der Waals surface area contributed by atoms with Crippen molar-refractivity contribution in [1.82, 2.24) is 4.57 Å². The first-order valence-corrected chi connectivity index (χ1v) is 10.2. The summed E-state index contributed by atoms with van der Waals surface area (Å²) in [5.41, 5.74) is 1.11. The van der Waals surface area contributed by atoms with E-state index in [4.69, 9.17) is 9.47 Å². The second-order valence-electron chi connectivity index (χ2n) is 6.74. The van der Waals surface area contributed by atoms with Gasteiger partial charge in [-0.25, -0.2) is 0 Å². The van der Waals surface area contributed by atoms with Crippen molar-refractivity contribution < 1.29 is 19.4 Å². The van der Waals surface area contributed by atoms with Gasteiger partial charge in [-0.15, -0.1) is 10.2 Å². The summed E-state index contributed by atoms with van der Waals surface area (Å²) in [4.78, 5) is 12.5. The molecule has 1 atom stereocenters. The number of hydrogen-bond acceptors (Lipinski definition) is 5. The van der Waals surface area contributed by atoms with Gasteiger partial charge in [0.05, 0.1) is 5.52 Å². The Hall–Kier alpha value is -2.87. The molecule has 1 aromatic heterocycles. The van der Waals surface area contributed by atoms with E-state index < -0.39 is 12.0 Å². The summed E-state index contributed by atoms with van der Waals surface area (Å²) in [5, 5.41) is 19.3. The lowest BCUT2D eigenvalue weighted by atomic mass is 10.2. The van der Waals surface area contributed by atoms with Gasteiger partial charge in [0.15, 0.2) is 17.2 Å². The average molecular weight is 458 g/mol. The number of azo groups is 1. The van der Waals surface area contributed by atoms with Gasteiger partial charge in [0.25, 0.3) is 0 Å². The van der Waals surface area contributed by atoms with Crippen LogP contribution in [0, 0.1) is 0 Å². The zero-order chi connectivity index (χ0) is 20.4. The van der Waals surface area contributed by atoms with Crippen LogP contribution in [-0.2, 0) is 11.3 Å². The number of rotatable bonds is 5. The second kappa shape index (κ2) is 8.24. The SMILES string of the molecule is CCCCn1c(O)c(N=NC(=O)C2COc3ccccc3O2)c2cc(Br)ccc21. The first-order valence-electron chi connectivity index (χ1n) is 9.43. The number of carbonyl (C=O) groups is 1. The molecule has 0 spiro atoms. The van der Waals surface area contributed by atoms with Crippen LogP contribution in [0.5, 0.6) is 17.4 Å². The maximum absolute atomic E-state index is 12.5. The minimum atomic E-state index is -0.879. The number of ether oxygens (including phenoxy) is 2. The topological polar surface area (TPSA) is 85.4 Å². The molecule has 150 valence electrons. The number of aromatic hydroxyl groups is 1. The minimum Gasteiger partial charge on any atom is -0.493 e. The maximum atomic E-state index is 12.5. The highest BCUT2D eigenvalue weighted by Gasteiger charge is 2.27. The molecule has 1 N–H and O–H groups in total. The van der Waals surface area contributed by atoms with E-state index in [0.29, 0.717) is 18.0 Å². The first-order chi connectivity index (χ1) is 14.1. The van der Waals surface area contributed by atoms with Crippen LogP contribution in [0.15, 0.2) is 57.2 Å². The normalized spacial score (nSPS) is 15.9. The van der Waals surface area contributed by atoms with Crippen molar-refractivity contribution in [1.29, 1.82) is 0 Å². The first kappa shape index (κ1) is 19.4. The Balaban J connectivity index is 1.62. The second-order valence-corrected chi connectivity index (χ2v) is 7.66. The maximum Gasteiger partial charge on any atom is 0.308 e. The van der Waals surface area contributed by atoms with Crippen LogP contribution < -0.4 is 9.47 Å². The summed E-state index contributed by atoms with van der Waals surface area (Å²) in [6.07, 6.45) is 1.03. The molecule has 2 heterocycles. The summed E-state index contributed by atoms with van der Waals surface area (Å²) in [6.45, 7) is 2.80. The van der Waals surface area contributed by atoms with Gasteiger partial charge in [0.2, 0.25) is 12.0 Å². The number of halogens is 1. The van der Waals surface area contributed by atoms with Gasteiger partial charge in [0.1, 0.15) is 6.61 Å². The van der Waals surface area contributed by atoms with E-state index in [2.05, 4.69) is 33.1 Å². The summed E-state index contributed by atoms with van der Waals surface area (Å²) in [7, 11) is 0. The third-order valence-corrected chi connectivity index (χ3v) is 5.23. The molecule has 0 aliphatic carbocycles. The lowest BCUT2D eigenvalue weighted by Gasteiger charge is -2.23. The fourth-order valence-electron chi connectivity index (χ4n) is 3.24. The number of hydrogen-bond donors (Lipinski definition) is 1. The van der Waals surface area contributed by atoms with Crippen LogP contribution in [0.4, 0.5) is 5.69 Å². The molecule has 29 heavy (non-hydrogen) atoms. The van der Waals surface area contributed by atoms with Gasteiger partial charge >= 0.3 is 5.91 Å². The van der Waals surface area contributed by atoms with Gasteiger partial charge in [-0.3, -0.25) is 4.79 Å². The lowest BCUT2D eigenvalue weighted by molar-refractivity contribution is -0.127. The zero-order valence-corrected chi connectivity index (χ0v) is 17.4. The summed E-state index contributed by atoms with van der Waals surface area (Å²) < 4.78 is 13.9. The number of aromatic nitrogens is 1. The third kappa shape index (κ3) is 3.85. The van der Waals surface area contributed by atoms with Gasteiger partial charge in [0, 0.05) is 16.4 Å². The monoisotopic (exact) mass is 457 g/mol. The highest BCUT2D eigenvalue weighted by Crippen LogP contribution is 2.40. The van der Waals surface area contributed by atoms with Crippen LogP contribution in [0.25, 0.3) is 10.9 Å². The predicted molar refractivity (Wildman–Crippen MR) is 112 cm³/mol. The average Bonchev–Trinajstić information content (AvgIpc) is 3.00. The Morgan fingerprint density at radius 3 is 2.86 bits per heavy atom. The largest absolute Gasteiger partial charge is 0.493 e. The quantitative estimate of drug-likeness (QED) is 0.522. The van der Waals surface area contributed by atoms with E-state index in [1.54, 1.807) is 22.8 Å². The molecule has 2 aromatic carbocycles. The number of para-hydroxylation sites is 2. The molecule has 3 aromatic rings. The number of benzene rings is 2. The smallest absolute Gasteiger partial charge is 0.308 e. The van der Waals surface area contributed by atoms with Crippen molar-refractivity contribution in [2.45, 2.75) is 32.4 Å². The number of amides is 1. The van der Waals surface area contributed by atoms with E-state index in [-0.39, 0.29) is 18.2 Å². The van der Waals surface area contributed by atoms with Crippen molar-refractivity contribution in [2.24, 2.45) is 10.2 Å². The third-order valence-electron chi connectivity index (χ3n) is 4.74. The number of carbonyl (C=O) groups excluding carboxylic acids is 1. The molecule has 0 radical (unpaired) electrons. The number of aryl methyl sites for hydroxylation is 1. The van der Waals surface area contributed by atoms with E-state index >= 15 is 0 Å². The van der Waals surface area contributed by atoms with Crippen LogP contribution in [-0.4, -0.2) is 28.3 Å². The van der Waals surface area contributed by atoms with Crippen molar-refractivity contribution in [2.75, 3.05) is 6.61 Å². The molecule has 1 amide bonds. The van der Waals surface area contributed by atoms with Crippen LogP contribution >= 0.6 is 15.9 Å². The van der Waals surface area contributed by atoms with E-state index in [9.17, 15) is 9.90 Å². The fraction of sp³-hybridized carbons (Fsp3) is 0.286. The van der Waals surface area contributed by atoms with Gasteiger partial charge in [-0.1, -0.05) is 41.4 Å². The molecular weight excluding hydrogens is 438 g/mol. The van der Waals surface area contributed by atoms with Crippen LogP contribution in [0.1, 0.15) is 19.8 Å². The molecule has 0 saturated heterocycles. The molecule has 0 bridgehead atoms. The van der Waals surface area contributed by atoms with Crippen LogP contribution in [0.3, 0.4) is 0 Å². The van der Waals surface area contributed by atoms with E-state index in [1.165, 1.54) is 0 Å². The summed E-state index contributed by atoms with van der Waals surface area (Å²) in [5.74, 6) is 0.517. The van der Waals surface area contributed by atoms with E-state index in [0.717, 1.165) is 28.2 Å². The van der Waals surface area contributed by atoms with Crippen molar-refractivity contribution in [3.05, 3.63) is 46.9 Å². The molecule has 1 unspecified atom stereocenters. The molecule has 0 fully saturated rings. The molecule has 1 aliphatic rings. The van der Waals surface area contributed by atoms with Crippen molar-refractivity contribution >= 4 is 38.4 Å². The molecular formula is C21H20BrN3O4. The Bertz CT molecular complexity index is 1090. The van der Waals surface area contributed by atoms with Gasteiger partial charge < -0.3 is 19.1 Å². The molecule has 7 nitrogen and oxygen atoms in total. The fourth-order valence-corrected chi connectivity index (χ4v) is 3.60. The lowest BCUT2D eigenvalue weighted by Crippen LogP contribution is -2.35. The standard InChI is InChI=1S/C21H20BrN3O4/c1-2-3-10-25-15-9-8-13(22)11-14(15)19(21(25)27)23-24-20(26)18-12-28-16-6-4-5-7-17(16)29-18/h4-9,11,18,27H,2-3,10,12H2,1H3. The number of fused-ring (bicyclic) bond motifs is 2. The van der Waals surface area contributed by atoms with Gasteiger partial charge in [-0.2, -0.15) is 0 Å². The highest BCUT2D eigenvalue weighted by atomic mass is 79.9. The predicted octanol–water partition coefficient (Wildman–Crippen LogP) is 5.36. The Kier molecular flexibility index (Phi) is 5.53. The Morgan fingerprint density at radius 2 is 2.07 bits per heavy atom. The Morgan fingerprint density at radius 1 is 1.28 bits per heavy atom. The van der Waals surface area contributed by atoms with Gasteiger partial charge in [-0.05, 0) is 36.8 Å². The zero-order valence-electron chi connectivity index (χ0n) is 15.8. The van der Waals surface area contributed by atoms with Crippen LogP contribution in [0.2, 0.25) is 0 Å². The molecule has 8 heteroatoms. The molecule has 1 aliphatic heterocycles. The van der Waals surface area contributed by atoms with E-state index in [1.807, 2.05) is 24.3 Å². The summed E-state index contributed by atoms with van der Waals surface area (Å²) >= 11 is 3.44. The molecule has 0 saturated carbocycles. The Labute approximate surface area is 176 Å². The van der Waals surface area contributed by atoms with Crippen molar-refractivity contribution in [3.63, 3.8) is 0 Å². The number of nitrogens with zero attached hydrogens (tertiary/aromatic N) is 3. The number of unbranched alkanes of at least 4 members (excludes halogenated alkanes) is 1. The summed E-state index contributed by atoms with van der Waals surface area (Å²) in [6, 6.07) is 12.8. The highest BCUT2D eigenvalue weighted by molar-refractivity contribution is 9.10.